The van der Waals surface area contributed by atoms with Crippen molar-refractivity contribution < 1.29 is 4.79 Å². The van der Waals surface area contributed by atoms with Crippen molar-refractivity contribution in [3.8, 4) is 0 Å². The van der Waals surface area contributed by atoms with Crippen molar-refractivity contribution in [2.45, 2.75) is 32.2 Å². The van der Waals surface area contributed by atoms with Gasteiger partial charge in [-0.05, 0) is 43.6 Å². The zero-order chi connectivity index (χ0) is 19.1. The Kier molecular flexibility index (Phi) is 6.59. The molecule has 0 saturated carbocycles. The number of imidazole rings is 1. The van der Waals surface area contributed by atoms with Crippen LogP contribution >= 0.6 is 0 Å². The van der Waals surface area contributed by atoms with E-state index in [0.29, 0.717) is 13.1 Å². The average Bonchev–Trinajstić information content (AvgIpc) is 3.01. The van der Waals surface area contributed by atoms with E-state index in [1.807, 2.05) is 18.2 Å². The molecule has 1 fully saturated rings. The molecule has 3 rings (SSSR count). The fourth-order valence-corrected chi connectivity index (χ4v) is 3.58. The predicted molar refractivity (Wildman–Crippen MR) is 107 cm³/mol. The number of likely N-dealkylation sites (tertiary alicyclic amines) is 1. The van der Waals surface area contributed by atoms with Crippen LogP contribution in [0.1, 0.15) is 31.2 Å². The van der Waals surface area contributed by atoms with E-state index >= 15 is 0 Å². The molecule has 27 heavy (non-hydrogen) atoms. The number of hydrogen-bond donors (Lipinski definition) is 3. The van der Waals surface area contributed by atoms with Gasteiger partial charge in [0.05, 0.1) is 23.1 Å². The number of rotatable bonds is 7. The third kappa shape index (κ3) is 4.95. The van der Waals surface area contributed by atoms with Crippen molar-refractivity contribution in [2.75, 3.05) is 26.2 Å². The summed E-state index contributed by atoms with van der Waals surface area (Å²) >= 11 is 0. The number of carbonyl (C=O) groups is 1. The molecule has 0 unspecified atom stereocenters. The number of fused-ring (bicyclic) bond motifs is 1. The second kappa shape index (κ2) is 9.32. The summed E-state index contributed by atoms with van der Waals surface area (Å²) in [6.45, 7) is 4.07. The van der Waals surface area contributed by atoms with Crippen molar-refractivity contribution in [2.24, 2.45) is 5.73 Å². The molecule has 144 valence electrons. The fraction of sp³-hybridized carbons (Fsp3) is 0.450. The molecule has 0 radical (unpaired) electrons. The van der Waals surface area contributed by atoms with E-state index in [-0.39, 0.29) is 11.6 Å². The van der Waals surface area contributed by atoms with Crippen molar-refractivity contribution in [1.82, 2.24) is 19.8 Å². The number of nitrogens with zero attached hydrogens (tertiary/aromatic N) is 3. The van der Waals surface area contributed by atoms with Crippen LogP contribution in [0.15, 0.2) is 36.3 Å². The lowest BCUT2D eigenvalue weighted by molar-refractivity contribution is -0.128. The number of nitrogens with one attached hydrogen (secondary N) is 2. The van der Waals surface area contributed by atoms with E-state index in [1.54, 1.807) is 11.2 Å². The van der Waals surface area contributed by atoms with E-state index in [0.717, 1.165) is 42.4 Å². The summed E-state index contributed by atoms with van der Waals surface area (Å²) in [6.07, 6.45) is 9.08. The zero-order valence-corrected chi connectivity index (χ0v) is 15.7. The summed E-state index contributed by atoms with van der Waals surface area (Å²) in [4.78, 5) is 24.5. The molecule has 1 aliphatic rings. The Hall–Kier alpha value is -2.67. The molecule has 1 amide bonds. The molecular weight excluding hydrogens is 340 g/mol. The highest BCUT2D eigenvalue weighted by molar-refractivity contribution is 5.96. The topological polar surface area (TPSA) is 102 Å². The molecule has 0 bridgehead atoms. The van der Waals surface area contributed by atoms with Gasteiger partial charge in [-0.1, -0.05) is 25.0 Å². The van der Waals surface area contributed by atoms with Gasteiger partial charge >= 0.3 is 0 Å². The molecule has 1 aromatic heterocycles. The SMILES string of the molecule is N=C/C=C(\N)C(=O)N(CCN1CCCCCC1)Cc1cccc2nc[nH]c12. The molecule has 2 aromatic rings. The maximum atomic E-state index is 12.8. The van der Waals surface area contributed by atoms with Crippen LogP contribution < -0.4 is 5.73 Å². The van der Waals surface area contributed by atoms with Crippen LogP contribution in [0.2, 0.25) is 0 Å². The largest absolute Gasteiger partial charge is 0.394 e. The molecule has 4 N–H and O–H groups in total. The van der Waals surface area contributed by atoms with E-state index in [4.69, 9.17) is 11.1 Å². The van der Waals surface area contributed by atoms with Gasteiger partial charge in [0.2, 0.25) is 0 Å². The smallest absolute Gasteiger partial charge is 0.270 e. The Morgan fingerprint density at radius 3 is 2.81 bits per heavy atom. The standard InChI is InChI=1S/C20H28N6O/c21-9-8-17(22)20(27)26(13-12-25-10-3-1-2-4-11-25)14-16-6-5-7-18-19(16)24-15-23-18/h5-9,15,21H,1-4,10-14,22H2,(H,23,24)/b17-8-,21-9?. The average molecular weight is 368 g/mol. The number of hydrogen-bond acceptors (Lipinski definition) is 5. The summed E-state index contributed by atoms with van der Waals surface area (Å²) < 4.78 is 0. The minimum Gasteiger partial charge on any atom is -0.394 e. The van der Waals surface area contributed by atoms with Gasteiger partial charge in [-0.15, -0.1) is 0 Å². The normalized spacial score (nSPS) is 16.2. The van der Waals surface area contributed by atoms with Crippen LogP contribution in [0.4, 0.5) is 0 Å². The first kappa shape index (κ1) is 19.1. The van der Waals surface area contributed by atoms with Gasteiger partial charge in [-0.2, -0.15) is 0 Å². The molecule has 1 saturated heterocycles. The Morgan fingerprint density at radius 1 is 1.30 bits per heavy atom. The van der Waals surface area contributed by atoms with Crippen LogP contribution in [0.3, 0.4) is 0 Å². The summed E-state index contributed by atoms with van der Waals surface area (Å²) in [7, 11) is 0. The first-order valence-corrected chi connectivity index (χ1v) is 9.58. The molecule has 1 aromatic carbocycles. The van der Waals surface area contributed by atoms with Gasteiger partial charge in [-0.25, -0.2) is 4.98 Å². The number of amides is 1. The van der Waals surface area contributed by atoms with Crippen LogP contribution in [-0.2, 0) is 11.3 Å². The highest BCUT2D eigenvalue weighted by Crippen LogP contribution is 2.17. The van der Waals surface area contributed by atoms with Crippen molar-refractivity contribution in [3.05, 3.63) is 41.9 Å². The van der Waals surface area contributed by atoms with Crippen LogP contribution in [0, 0.1) is 5.41 Å². The molecule has 0 spiro atoms. The summed E-state index contributed by atoms with van der Waals surface area (Å²) in [5.41, 5.74) is 8.83. The Bertz CT molecular complexity index is 804. The molecule has 1 aliphatic heterocycles. The lowest BCUT2D eigenvalue weighted by Gasteiger charge is -2.27. The number of nitrogens with two attached hydrogens (primary N) is 1. The Labute approximate surface area is 159 Å². The predicted octanol–water partition coefficient (Wildman–Crippen LogP) is 2.26. The second-order valence-electron chi connectivity index (χ2n) is 6.99. The van der Waals surface area contributed by atoms with Crippen LogP contribution in [-0.4, -0.2) is 58.1 Å². The number of carbonyl (C=O) groups excluding carboxylic acids is 1. The first-order chi connectivity index (χ1) is 13.2. The molecule has 7 nitrogen and oxygen atoms in total. The zero-order valence-electron chi connectivity index (χ0n) is 15.7. The second-order valence-corrected chi connectivity index (χ2v) is 6.99. The number of aromatic amines is 1. The first-order valence-electron chi connectivity index (χ1n) is 9.58. The summed E-state index contributed by atoms with van der Waals surface area (Å²) in [5, 5.41) is 7.19. The third-order valence-corrected chi connectivity index (χ3v) is 5.08. The quantitative estimate of drug-likeness (QED) is 0.515. The number of benzene rings is 1. The van der Waals surface area contributed by atoms with Gasteiger partial charge < -0.3 is 25.9 Å². The fourth-order valence-electron chi connectivity index (χ4n) is 3.58. The van der Waals surface area contributed by atoms with E-state index in [9.17, 15) is 4.79 Å². The lowest BCUT2D eigenvalue weighted by atomic mass is 10.1. The molecule has 2 heterocycles. The van der Waals surface area contributed by atoms with Gasteiger partial charge in [0, 0.05) is 25.8 Å². The van der Waals surface area contributed by atoms with Crippen molar-refractivity contribution in [3.63, 3.8) is 0 Å². The maximum Gasteiger partial charge on any atom is 0.270 e. The van der Waals surface area contributed by atoms with Crippen LogP contribution in [0.5, 0.6) is 0 Å². The van der Waals surface area contributed by atoms with Crippen LogP contribution in [0.25, 0.3) is 11.0 Å². The van der Waals surface area contributed by atoms with E-state index < -0.39 is 0 Å². The number of aromatic nitrogens is 2. The van der Waals surface area contributed by atoms with E-state index in [1.165, 1.54) is 31.8 Å². The lowest BCUT2D eigenvalue weighted by Crippen LogP contribution is -2.40. The Balaban J connectivity index is 1.76. The minimum absolute atomic E-state index is 0.0950. The van der Waals surface area contributed by atoms with Crippen molar-refractivity contribution in [1.29, 1.82) is 5.41 Å². The molecular formula is C20H28N6O. The highest BCUT2D eigenvalue weighted by Gasteiger charge is 2.19. The van der Waals surface area contributed by atoms with Gasteiger partial charge in [0.25, 0.3) is 5.91 Å². The summed E-state index contributed by atoms with van der Waals surface area (Å²) in [5.74, 6) is -0.232. The van der Waals surface area contributed by atoms with Crippen molar-refractivity contribution >= 4 is 23.2 Å². The number of para-hydroxylation sites is 1. The third-order valence-electron chi connectivity index (χ3n) is 5.08. The molecule has 7 heteroatoms. The monoisotopic (exact) mass is 368 g/mol. The Morgan fingerprint density at radius 2 is 2.07 bits per heavy atom. The highest BCUT2D eigenvalue weighted by atomic mass is 16.2. The minimum atomic E-state index is -0.232. The van der Waals surface area contributed by atoms with Gasteiger partial charge in [0.15, 0.2) is 0 Å². The number of allylic oxidation sites excluding steroid dienone is 1. The molecule has 0 atom stereocenters. The van der Waals surface area contributed by atoms with Gasteiger partial charge in [-0.3, -0.25) is 4.79 Å². The molecule has 0 aliphatic carbocycles. The van der Waals surface area contributed by atoms with E-state index in [2.05, 4.69) is 14.9 Å². The summed E-state index contributed by atoms with van der Waals surface area (Å²) in [6, 6.07) is 5.90. The van der Waals surface area contributed by atoms with Gasteiger partial charge in [0.1, 0.15) is 0 Å². The number of H-pyrrole nitrogens is 1. The maximum absolute atomic E-state index is 12.8.